The molecule has 0 aliphatic heterocycles. The molecule has 3 nitrogen and oxygen atoms in total. The molecule has 5 rings (SSSR count). The maximum absolute atomic E-state index is 5.50. The van der Waals surface area contributed by atoms with Crippen LogP contribution >= 0.6 is 0 Å². The van der Waals surface area contributed by atoms with Gasteiger partial charge in [-0.3, -0.25) is 4.98 Å². The number of fused-ring (bicyclic) bond motifs is 4. The van der Waals surface area contributed by atoms with Crippen LogP contribution in [0.2, 0.25) is 0 Å². The lowest BCUT2D eigenvalue weighted by Gasteiger charge is -2.10. The third-order valence-corrected chi connectivity index (χ3v) is 5.80. The molecular formula is C27H23NO2. The molecule has 30 heavy (non-hydrogen) atoms. The Hall–Kier alpha value is -3.59. The smallest absolute Gasteiger partial charge is 0.161 e. The molecule has 0 amide bonds. The number of hydrogen-bond acceptors (Lipinski definition) is 3. The number of methoxy groups -OCH3 is 2. The zero-order chi connectivity index (χ0) is 20.8. The highest BCUT2D eigenvalue weighted by atomic mass is 16.5. The van der Waals surface area contributed by atoms with Gasteiger partial charge in [0.05, 0.1) is 19.7 Å². The molecule has 0 N–H and O–H groups in total. The Morgan fingerprint density at radius 3 is 2.27 bits per heavy atom. The molecular weight excluding hydrogens is 370 g/mol. The highest BCUT2D eigenvalue weighted by molar-refractivity contribution is 6.09. The van der Waals surface area contributed by atoms with E-state index >= 15 is 0 Å². The molecule has 0 saturated carbocycles. The Balaban J connectivity index is 1.76. The Morgan fingerprint density at radius 2 is 1.50 bits per heavy atom. The molecule has 148 valence electrons. The molecule has 3 aromatic carbocycles. The Labute approximate surface area is 176 Å². The highest BCUT2D eigenvalue weighted by Gasteiger charge is 2.24. The zero-order valence-corrected chi connectivity index (χ0v) is 17.6. The van der Waals surface area contributed by atoms with Crippen molar-refractivity contribution in [2.24, 2.45) is 0 Å². The lowest BCUT2D eigenvalue weighted by molar-refractivity contribution is 0.355. The van der Waals surface area contributed by atoms with Crippen LogP contribution < -0.4 is 9.47 Å². The van der Waals surface area contributed by atoms with E-state index in [0.717, 1.165) is 28.3 Å². The second-order valence-corrected chi connectivity index (χ2v) is 7.71. The fourth-order valence-electron chi connectivity index (χ4n) is 4.42. The van der Waals surface area contributed by atoms with Crippen LogP contribution in [0.25, 0.3) is 33.7 Å². The third-order valence-electron chi connectivity index (χ3n) is 5.80. The fraction of sp³-hybridized carbons (Fsp3) is 0.148. The van der Waals surface area contributed by atoms with Gasteiger partial charge in [0, 0.05) is 11.1 Å². The van der Waals surface area contributed by atoms with Crippen molar-refractivity contribution in [3.8, 4) is 22.6 Å². The average Bonchev–Trinajstić information content (AvgIpc) is 3.05. The lowest BCUT2D eigenvalue weighted by Crippen LogP contribution is -1.91. The molecule has 4 aromatic rings. The van der Waals surface area contributed by atoms with Gasteiger partial charge in [0.2, 0.25) is 0 Å². The summed E-state index contributed by atoms with van der Waals surface area (Å²) in [5.41, 5.74) is 10.6. The van der Waals surface area contributed by atoms with E-state index in [1.165, 1.54) is 38.8 Å². The summed E-state index contributed by atoms with van der Waals surface area (Å²) in [6.45, 7) is 4.21. The largest absolute Gasteiger partial charge is 0.493 e. The molecule has 1 aliphatic rings. The maximum Gasteiger partial charge on any atom is 0.161 e. The number of pyridine rings is 1. The number of hydrogen-bond donors (Lipinski definition) is 0. The molecule has 0 bridgehead atoms. The molecule has 1 aliphatic carbocycles. The minimum Gasteiger partial charge on any atom is -0.493 e. The predicted octanol–water partition coefficient (Wildman–Crippen LogP) is 6.44. The summed E-state index contributed by atoms with van der Waals surface area (Å²) in [6, 6.07) is 21.3. The van der Waals surface area contributed by atoms with E-state index in [1.807, 2.05) is 12.1 Å². The van der Waals surface area contributed by atoms with Crippen LogP contribution in [0.15, 0.2) is 60.7 Å². The quantitative estimate of drug-likeness (QED) is 0.353. The van der Waals surface area contributed by atoms with E-state index in [0.29, 0.717) is 0 Å². The first-order chi connectivity index (χ1) is 14.6. The standard InChI is InChI=1S/C27H23NO2/c1-16-11-17(2)28-25-15-24-22(12-18-9-10-26(29-3)27(13-18)30-4)19-7-5-6-8-20(19)23(24)14-21(16)25/h5-15H,1-4H3. The monoisotopic (exact) mass is 393 g/mol. The number of ether oxygens (including phenoxy) is 2. The van der Waals surface area contributed by atoms with Crippen molar-refractivity contribution in [2.75, 3.05) is 14.2 Å². The van der Waals surface area contributed by atoms with Crippen LogP contribution in [-0.2, 0) is 0 Å². The van der Waals surface area contributed by atoms with Gasteiger partial charge in [-0.05, 0) is 89.2 Å². The summed E-state index contributed by atoms with van der Waals surface area (Å²) >= 11 is 0. The first-order valence-electron chi connectivity index (χ1n) is 10.0. The van der Waals surface area contributed by atoms with Crippen LogP contribution in [0.3, 0.4) is 0 Å². The molecule has 0 saturated heterocycles. The minimum absolute atomic E-state index is 0.727. The first-order valence-corrected chi connectivity index (χ1v) is 10.0. The fourth-order valence-corrected chi connectivity index (χ4v) is 4.42. The van der Waals surface area contributed by atoms with Crippen LogP contribution in [0.5, 0.6) is 11.5 Å². The van der Waals surface area contributed by atoms with Crippen molar-refractivity contribution in [1.82, 2.24) is 4.98 Å². The molecule has 1 aromatic heterocycles. The molecule has 0 radical (unpaired) electrons. The lowest BCUT2D eigenvalue weighted by atomic mass is 9.98. The average molecular weight is 393 g/mol. The van der Waals surface area contributed by atoms with E-state index < -0.39 is 0 Å². The summed E-state index contributed by atoms with van der Waals surface area (Å²) in [5, 5.41) is 1.21. The van der Waals surface area contributed by atoms with Gasteiger partial charge in [-0.1, -0.05) is 30.3 Å². The Kier molecular flexibility index (Phi) is 4.32. The van der Waals surface area contributed by atoms with Crippen molar-refractivity contribution in [3.05, 3.63) is 88.6 Å². The van der Waals surface area contributed by atoms with Crippen molar-refractivity contribution >= 4 is 22.6 Å². The highest BCUT2D eigenvalue weighted by Crippen LogP contribution is 2.46. The SMILES string of the molecule is COc1ccc(C=C2c3ccccc3-c3cc4c(C)cc(C)nc4cc32)cc1OC. The second kappa shape index (κ2) is 7.03. The number of nitrogens with zero attached hydrogens (tertiary/aromatic N) is 1. The number of rotatable bonds is 3. The van der Waals surface area contributed by atoms with E-state index in [2.05, 4.69) is 68.5 Å². The molecule has 1 heterocycles. The van der Waals surface area contributed by atoms with Crippen molar-refractivity contribution in [2.45, 2.75) is 13.8 Å². The number of benzene rings is 3. The van der Waals surface area contributed by atoms with Gasteiger partial charge in [-0.2, -0.15) is 0 Å². The van der Waals surface area contributed by atoms with Gasteiger partial charge in [0.1, 0.15) is 0 Å². The summed E-state index contributed by atoms with van der Waals surface area (Å²) in [5.74, 6) is 1.46. The van der Waals surface area contributed by atoms with E-state index in [9.17, 15) is 0 Å². The molecule has 0 fully saturated rings. The summed E-state index contributed by atoms with van der Waals surface area (Å²) in [6.07, 6.45) is 2.22. The van der Waals surface area contributed by atoms with Crippen LogP contribution in [0.4, 0.5) is 0 Å². The van der Waals surface area contributed by atoms with Gasteiger partial charge in [-0.25, -0.2) is 0 Å². The topological polar surface area (TPSA) is 31.4 Å². The van der Waals surface area contributed by atoms with E-state index in [4.69, 9.17) is 14.5 Å². The van der Waals surface area contributed by atoms with Gasteiger partial charge in [0.25, 0.3) is 0 Å². The summed E-state index contributed by atoms with van der Waals surface area (Å²) in [7, 11) is 3.32. The minimum atomic E-state index is 0.727. The second-order valence-electron chi connectivity index (χ2n) is 7.71. The Bertz CT molecular complexity index is 1330. The predicted molar refractivity (Wildman–Crippen MR) is 123 cm³/mol. The third kappa shape index (κ3) is 2.86. The van der Waals surface area contributed by atoms with Crippen molar-refractivity contribution < 1.29 is 9.47 Å². The van der Waals surface area contributed by atoms with Crippen LogP contribution in [0.1, 0.15) is 27.9 Å². The first kappa shape index (κ1) is 18.4. The molecule has 0 spiro atoms. The molecule has 0 atom stereocenters. The Morgan fingerprint density at radius 1 is 0.733 bits per heavy atom. The van der Waals surface area contributed by atoms with E-state index in [-0.39, 0.29) is 0 Å². The van der Waals surface area contributed by atoms with E-state index in [1.54, 1.807) is 14.2 Å². The van der Waals surface area contributed by atoms with Crippen LogP contribution in [0, 0.1) is 13.8 Å². The number of aryl methyl sites for hydroxylation is 2. The normalized spacial score (nSPS) is 13.4. The van der Waals surface area contributed by atoms with Gasteiger partial charge >= 0.3 is 0 Å². The summed E-state index contributed by atoms with van der Waals surface area (Å²) < 4.78 is 10.9. The maximum atomic E-state index is 5.50. The zero-order valence-electron chi connectivity index (χ0n) is 17.6. The number of aromatic nitrogens is 1. The van der Waals surface area contributed by atoms with Gasteiger partial charge < -0.3 is 9.47 Å². The van der Waals surface area contributed by atoms with Gasteiger partial charge in [-0.15, -0.1) is 0 Å². The summed E-state index contributed by atoms with van der Waals surface area (Å²) in [4.78, 5) is 4.80. The molecule has 0 unspecified atom stereocenters. The van der Waals surface area contributed by atoms with Crippen molar-refractivity contribution in [1.29, 1.82) is 0 Å². The molecule has 3 heteroatoms. The van der Waals surface area contributed by atoms with Crippen molar-refractivity contribution in [3.63, 3.8) is 0 Å². The van der Waals surface area contributed by atoms with Gasteiger partial charge in [0.15, 0.2) is 11.5 Å². The van der Waals surface area contributed by atoms with Crippen LogP contribution in [-0.4, -0.2) is 19.2 Å².